The average Bonchev–Trinajstić information content (AvgIpc) is 2.18. The van der Waals surface area contributed by atoms with Gasteiger partial charge in [-0.2, -0.15) is 0 Å². The highest BCUT2D eigenvalue weighted by Crippen LogP contribution is 1.88. The lowest BCUT2D eigenvalue weighted by Crippen LogP contribution is -2.19. The van der Waals surface area contributed by atoms with Gasteiger partial charge in [0.05, 0.1) is 0 Å². The summed E-state index contributed by atoms with van der Waals surface area (Å²) in [6.45, 7) is 0.142. The summed E-state index contributed by atoms with van der Waals surface area (Å²) >= 11 is 0. The Kier molecular flexibility index (Phi) is 3.28. The molecule has 0 aromatic carbocycles. The van der Waals surface area contributed by atoms with Crippen LogP contribution in [0.2, 0.25) is 0 Å². The lowest BCUT2D eigenvalue weighted by atomic mass is 10.3. The molecule has 1 rings (SSSR count). The van der Waals surface area contributed by atoms with Crippen molar-refractivity contribution in [3.8, 4) is 0 Å². The maximum absolute atomic E-state index is 11.1. The number of hydrogen-bond donors (Lipinski definition) is 2. The first-order valence-corrected chi connectivity index (χ1v) is 3.73. The largest absolute Gasteiger partial charge is 0.269 e. The molecule has 0 radical (unpaired) electrons. The summed E-state index contributed by atoms with van der Waals surface area (Å²) in [5.41, 5.74) is 7.39. The molecule has 0 amide bonds. The molecule has 72 valence electrons. The maximum atomic E-state index is 11.1. The zero-order valence-corrected chi connectivity index (χ0v) is 7.10. The van der Waals surface area contributed by atoms with Gasteiger partial charge >= 0.3 is 0 Å². The molecular formula is C7H7N5O2. The molecular weight excluding hydrogens is 186 g/mol. The zero-order chi connectivity index (χ0) is 10.4. The summed E-state index contributed by atoms with van der Waals surface area (Å²) in [5.74, 6) is 0. The number of rotatable bonds is 3. The minimum atomic E-state index is -0.401. The smallest absolute Gasteiger partial charge is 0.268 e. The molecule has 0 unspecified atom stereocenters. The second-order valence-electron chi connectivity index (χ2n) is 2.36. The van der Waals surface area contributed by atoms with Gasteiger partial charge in [-0.1, -0.05) is 17.3 Å². The molecule has 0 aliphatic rings. The van der Waals surface area contributed by atoms with Gasteiger partial charge in [0.1, 0.15) is 0 Å². The highest BCUT2D eigenvalue weighted by molar-refractivity contribution is 5.46. The van der Waals surface area contributed by atoms with E-state index in [-0.39, 0.29) is 12.1 Å². The molecule has 2 N–H and O–H groups in total. The Labute approximate surface area is 77.7 Å². The van der Waals surface area contributed by atoms with Gasteiger partial charge in [-0.3, -0.25) is 19.8 Å². The van der Waals surface area contributed by atoms with Gasteiger partial charge in [0, 0.05) is 23.1 Å². The summed E-state index contributed by atoms with van der Waals surface area (Å²) in [7, 11) is 0. The first-order chi connectivity index (χ1) is 6.74. The molecule has 0 saturated carbocycles. The fourth-order valence-electron chi connectivity index (χ4n) is 0.821. The normalized spacial score (nSPS) is 10.0. The molecule has 0 aliphatic heterocycles. The lowest BCUT2D eigenvalue weighted by molar-refractivity contribution is 0.947. The van der Waals surface area contributed by atoms with Crippen LogP contribution in [0.15, 0.2) is 26.8 Å². The minimum absolute atomic E-state index is 0.142. The summed E-state index contributed by atoms with van der Waals surface area (Å²) < 4.78 is 0. The van der Waals surface area contributed by atoms with E-state index >= 15 is 0 Å². The highest BCUT2D eigenvalue weighted by Gasteiger charge is 1.93. The fraction of sp³-hybridized carbons (Fsp3) is 0.143. The van der Waals surface area contributed by atoms with Crippen LogP contribution in [0, 0.1) is 0 Å². The van der Waals surface area contributed by atoms with E-state index in [4.69, 9.17) is 5.53 Å². The van der Waals surface area contributed by atoms with E-state index in [1.165, 1.54) is 12.2 Å². The second-order valence-corrected chi connectivity index (χ2v) is 2.36. The Morgan fingerprint density at radius 3 is 3.00 bits per heavy atom. The maximum Gasteiger partial charge on any atom is 0.269 e. The van der Waals surface area contributed by atoms with Crippen molar-refractivity contribution in [2.24, 2.45) is 5.11 Å². The van der Waals surface area contributed by atoms with E-state index in [0.29, 0.717) is 0 Å². The van der Waals surface area contributed by atoms with Crippen molar-refractivity contribution in [3.05, 3.63) is 48.9 Å². The van der Waals surface area contributed by atoms with Gasteiger partial charge in [0.2, 0.25) is 0 Å². The highest BCUT2D eigenvalue weighted by atomic mass is 16.1. The van der Waals surface area contributed by atoms with Crippen molar-refractivity contribution >= 4 is 6.08 Å². The van der Waals surface area contributed by atoms with E-state index < -0.39 is 11.1 Å². The van der Waals surface area contributed by atoms with Crippen LogP contribution in [0.3, 0.4) is 0 Å². The van der Waals surface area contributed by atoms with Crippen molar-refractivity contribution < 1.29 is 0 Å². The van der Waals surface area contributed by atoms with Crippen LogP contribution in [0.4, 0.5) is 0 Å². The summed E-state index contributed by atoms with van der Waals surface area (Å²) in [6, 6.07) is 1.16. The number of H-pyrrole nitrogens is 2. The van der Waals surface area contributed by atoms with Crippen molar-refractivity contribution in [1.29, 1.82) is 0 Å². The van der Waals surface area contributed by atoms with Gasteiger partial charge in [0.25, 0.3) is 11.1 Å². The van der Waals surface area contributed by atoms with Gasteiger partial charge in [-0.05, 0) is 5.53 Å². The van der Waals surface area contributed by atoms with Crippen molar-refractivity contribution in [1.82, 2.24) is 10.2 Å². The Balaban J connectivity index is 2.91. The monoisotopic (exact) mass is 193 g/mol. The number of aromatic nitrogens is 2. The van der Waals surface area contributed by atoms with E-state index in [1.807, 2.05) is 0 Å². The molecule has 0 atom stereocenters. The number of azide groups is 1. The Hall–Kier alpha value is -2.27. The van der Waals surface area contributed by atoms with Crippen LogP contribution in [-0.4, -0.2) is 16.7 Å². The van der Waals surface area contributed by atoms with Crippen LogP contribution in [-0.2, 0) is 0 Å². The van der Waals surface area contributed by atoms with Crippen LogP contribution < -0.4 is 11.1 Å². The third kappa shape index (κ3) is 2.65. The Morgan fingerprint density at radius 1 is 1.50 bits per heavy atom. The third-order valence-electron chi connectivity index (χ3n) is 1.40. The van der Waals surface area contributed by atoms with Gasteiger partial charge in [-0.25, -0.2) is 0 Å². The van der Waals surface area contributed by atoms with Crippen molar-refractivity contribution in [3.63, 3.8) is 0 Å². The molecule has 7 heteroatoms. The molecule has 1 aromatic heterocycles. The van der Waals surface area contributed by atoms with Gasteiger partial charge in [0.15, 0.2) is 0 Å². The average molecular weight is 193 g/mol. The van der Waals surface area contributed by atoms with Crippen molar-refractivity contribution in [2.45, 2.75) is 0 Å². The van der Waals surface area contributed by atoms with Crippen LogP contribution >= 0.6 is 0 Å². The van der Waals surface area contributed by atoms with Crippen LogP contribution in [0.25, 0.3) is 16.5 Å². The summed E-state index contributed by atoms with van der Waals surface area (Å²) in [5, 5.41) is 7.53. The molecule has 14 heavy (non-hydrogen) atoms. The van der Waals surface area contributed by atoms with Gasteiger partial charge in [-0.15, -0.1) is 0 Å². The predicted molar refractivity (Wildman–Crippen MR) is 50.7 cm³/mol. The van der Waals surface area contributed by atoms with Crippen LogP contribution in [0.1, 0.15) is 5.56 Å². The standard InChI is InChI=1S/C7H7N5O2/c8-12-9-3-1-2-5-4-6(13)10-11-7(5)14/h1-2,4H,3H2,(H,10,13)(H,11,14). The molecule has 7 nitrogen and oxygen atoms in total. The Morgan fingerprint density at radius 2 is 2.29 bits per heavy atom. The summed E-state index contributed by atoms with van der Waals surface area (Å²) in [6.07, 6.45) is 2.91. The molecule has 0 spiro atoms. The molecule has 0 fully saturated rings. The molecule has 0 saturated heterocycles. The quantitative estimate of drug-likeness (QED) is 0.410. The fourth-order valence-corrected chi connectivity index (χ4v) is 0.821. The van der Waals surface area contributed by atoms with E-state index in [1.54, 1.807) is 0 Å². The summed E-state index contributed by atoms with van der Waals surface area (Å²) in [4.78, 5) is 24.4. The number of aromatic amines is 2. The van der Waals surface area contributed by atoms with Crippen molar-refractivity contribution in [2.75, 3.05) is 6.54 Å². The first kappa shape index (κ1) is 9.82. The zero-order valence-electron chi connectivity index (χ0n) is 7.10. The molecule has 0 bridgehead atoms. The number of hydrogen-bond acceptors (Lipinski definition) is 3. The molecule has 0 aliphatic carbocycles. The number of nitrogens with one attached hydrogen (secondary N) is 2. The first-order valence-electron chi connectivity index (χ1n) is 3.73. The van der Waals surface area contributed by atoms with Crippen LogP contribution in [0.5, 0.6) is 0 Å². The SMILES string of the molecule is [N-]=[N+]=NCC=Cc1cc(=O)[nH][nH]c1=O. The Bertz CT molecular complexity index is 491. The topological polar surface area (TPSA) is 114 Å². The molecule has 1 heterocycles. The third-order valence-corrected chi connectivity index (χ3v) is 1.40. The van der Waals surface area contributed by atoms with Gasteiger partial charge < -0.3 is 0 Å². The number of nitrogens with zero attached hydrogens (tertiary/aromatic N) is 3. The van der Waals surface area contributed by atoms with E-state index in [2.05, 4.69) is 20.2 Å². The van der Waals surface area contributed by atoms with E-state index in [0.717, 1.165) is 6.07 Å². The predicted octanol–water partition coefficient (Wildman–Crippen LogP) is 0.387. The second kappa shape index (κ2) is 4.68. The lowest BCUT2D eigenvalue weighted by Gasteiger charge is -1.88. The molecule has 1 aromatic rings. The van der Waals surface area contributed by atoms with E-state index in [9.17, 15) is 9.59 Å². The minimum Gasteiger partial charge on any atom is -0.268 e.